The SMILES string of the molecule is CCN(C(=O)Nc1cccc(-n2cccn2)c1)[C@H]1CCS(=O)(=O)C1. The van der Waals surface area contributed by atoms with Crippen LogP contribution in [-0.2, 0) is 9.84 Å². The first-order chi connectivity index (χ1) is 11.5. The fraction of sp³-hybridized carbons (Fsp3) is 0.375. The maximum absolute atomic E-state index is 12.5. The Morgan fingerprint density at radius 3 is 2.88 bits per heavy atom. The normalized spacial score (nSPS) is 19.1. The van der Waals surface area contributed by atoms with E-state index >= 15 is 0 Å². The maximum atomic E-state index is 12.5. The lowest BCUT2D eigenvalue weighted by molar-refractivity contribution is 0.197. The molecule has 8 heteroatoms. The third kappa shape index (κ3) is 3.59. The smallest absolute Gasteiger partial charge is 0.321 e. The van der Waals surface area contributed by atoms with Gasteiger partial charge in [0.1, 0.15) is 0 Å². The summed E-state index contributed by atoms with van der Waals surface area (Å²) in [4.78, 5) is 14.1. The van der Waals surface area contributed by atoms with E-state index in [0.29, 0.717) is 18.7 Å². The Labute approximate surface area is 141 Å². The number of hydrogen-bond donors (Lipinski definition) is 1. The molecule has 128 valence electrons. The molecular weight excluding hydrogens is 328 g/mol. The first-order valence-corrected chi connectivity index (χ1v) is 9.69. The summed E-state index contributed by atoms with van der Waals surface area (Å²) in [6.07, 6.45) is 4.00. The minimum Gasteiger partial charge on any atom is -0.321 e. The molecule has 2 heterocycles. The van der Waals surface area contributed by atoms with Crippen LogP contribution >= 0.6 is 0 Å². The van der Waals surface area contributed by atoms with Crippen LogP contribution in [0.5, 0.6) is 0 Å². The molecule has 0 bridgehead atoms. The van der Waals surface area contributed by atoms with Crippen LogP contribution in [0.1, 0.15) is 13.3 Å². The van der Waals surface area contributed by atoms with Gasteiger partial charge in [-0.1, -0.05) is 6.07 Å². The molecule has 3 rings (SSSR count). The zero-order valence-electron chi connectivity index (χ0n) is 13.4. The molecule has 1 fully saturated rings. The summed E-state index contributed by atoms with van der Waals surface area (Å²) in [6, 6.07) is 8.64. The third-order valence-corrected chi connectivity index (χ3v) is 5.87. The summed E-state index contributed by atoms with van der Waals surface area (Å²) in [5.74, 6) is 0.192. The number of aromatic nitrogens is 2. The van der Waals surface area contributed by atoms with Crippen molar-refractivity contribution in [1.82, 2.24) is 14.7 Å². The Morgan fingerprint density at radius 1 is 1.42 bits per heavy atom. The van der Waals surface area contributed by atoms with E-state index in [1.165, 1.54) is 0 Å². The number of hydrogen-bond acceptors (Lipinski definition) is 4. The summed E-state index contributed by atoms with van der Waals surface area (Å²) in [7, 11) is -3.03. The van der Waals surface area contributed by atoms with Crippen molar-refractivity contribution in [2.45, 2.75) is 19.4 Å². The molecule has 2 amide bonds. The van der Waals surface area contributed by atoms with Gasteiger partial charge in [-0.15, -0.1) is 0 Å². The molecule has 1 aromatic carbocycles. The molecule has 0 spiro atoms. The summed E-state index contributed by atoms with van der Waals surface area (Å²) in [5, 5.41) is 7.01. The molecule has 1 aromatic heterocycles. The van der Waals surface area contributed by atoms with Crippen molar-refractivity contribution in [2.24, 2.45) is 0 Å². The Kier molecular flexibility index (Phi) is 4.57. The summed E-state index contributed by atoms with van der Waals surface area (Å²) >= 11 is 0. The van der Waals surface area contributed by atoms with Gasteiger partial charge >= 0.3 is 6.03 Å². The monoisotopic (exact) mass is 348 g/mol. The number of rotatable bonds is 4. The molecule has 24 heavy (non-hydrogen) atoms. The van der Waals surface area contributed by atoms with E-state index in [2.05, 4.69) is 10.4 Å². The second kappa shape index (κ2) is 6.64. The summed E-state index contributed by atoms with van der Waals surface area (Å²) in [6.45, 7) is 2.32. The van der Waals surface area contributed by atoms with Crippen LogP contribution in [0.3, 0.4) is 0 Å². The Morgan fingerprint density at radius 2 is 2.25 bits per heavy atom. The van der Waals surface area contributed by atoms with E-state index in [9.17, 15) is 13.2 Å². The molecule has 0 radical (unpaired) electrons. The van der Waals surface area contributed by atoms with E-state index in [4.69, 9.17) is 0 Å². The minimum atomic E-state index is -3.03. The van der Waals surface area contributed by atoms with Gasteiger partial charge in [0.2, 0.25) is 0 Å². The van der Waals surface area contributed by atoms with Crippen LogP contribution in [0.4, 0.5) is 10.5 Å². The van der Waals surface area contributed by atoms with E-state index in [1.807, 2.05) is 37.4 Å². The number of nitrogens with one attached hydrogen (secondary N) is 1. The predicted molar refractivity (Wildman–Crippen MR) is 92.0 cm³/mol. The molecule has 0 unspecified atom stereocenters. The highest BCUT2D eigenvalue weighted by Gasteiger charge is 2.33. The number of amides is 2. The van der Waals surface area contributed by atoms with Gasteiger partial charge in [-0.3, -0.25) is 0 Å². The Bertz CT molecular complexity index is 818. The van der Waals surface area contributed by atoms with E-state index < -0.39 is 9.84 Å². The highest BCUT2D eigenvalue weighted by atomic mass is 32.2. The zero-order chi connectivity index (χ0) is 17.2. The van der Waals surface area contributed by atoms with Gasteiger partial charge in [0.15, 0.2) is 9.84 Å². The van der Waals surface area contributed by atoms with Crippen LogP contribution in [-0.4, -0.2) is 53.2 Å². The van der Waals surface area contributed by atoms with Crippen LogP contribution in [0.2, 0.25) is 0 Å². The second-order valence-electron chi connectivity index (χ2n) is 5.77. The van der Waals surface area contributed by atoms with Crippen molar-refractivity contribution in [3.8, 4) is 5.69 Å². The number of carbonyl (C=O) groups is 1. The first-order valence-electron chi connectivity index (χ1n) is 7.86. The highest BCUT2D eigenvalue weighted by molar-refractivity contribution is 7.91. The molecule has 2 aromatic rings. The quantitative estimate of drug-likeness (QED) is 0.915. The molecular formula is C16H20N4O3S. The average molecular weight is 348 g/mol. The lowest BCUT2D eigenvalue weighted by atomic mass is 10.2. The third-order valence-electron chi connectivity index (χ3n) is 4.12. The molecule has 0 aliphatic carbocycles. The number of sulfone groups is 1. The fourth-order valence-electron chi connectivity index (χ4n) is 2.93. The second-order valence-corrected chi connectivity index (χ2v) is 8.00. The summed E-state index contributed by atoms with van der Waals surface area (Å²) in [5.41, 5.74) is 1.48. The lowest BCUT2D eigenvalue weighted by Crippen LogP contribution is -2.43. The molecule has 1 aliphatic rings. The van der Waals surface area contributed by atoms with Crippen molar-refractivity contribution in [3.05, 3.63) is 42.7 Å². The molecule has 1 aliphatic heterocycles. The number of benzene rings is 1. The van der Waals surface area contributed by atoms with E-state index in [-0.39, 0.29) is 23.6 Å². The molecule has 1 saturated heterocycles. The van der Waals surface area contributed by atoms with Crippen molar-refractivity contribution < 1.29 is 13.2 Å². The van der Waals surface area contributed by atoms with Crippen molar-refractivity contribution >= 4 is 21.6 Å². The van der Waals surface area contributed by atoms with Gasteiger partial charge in [0.05, 0.1) is 17.2 Å². The van der Waals surface area contributed by atoms with Crippen molar-refractivity contribution in [1.29, 1.82) is 0 Å². The molecule has 1 N–H and O–H groups in total. The molecule has 1 atom stereocenters. The number of carbonyl (C=O) groups excluding carboxylic acids is 1. The Hall–Kier alpha value is -2.35. The standard InChI is InChI=1S/C16H20N4O3S/c1-2-19(15-7-10-24(22,23)12-15)16(21)18-13-5-3-6-14(11-13)20-9-4-8-17-20/h3-6,8-9,11,15H,2,7,10,12H2,1H3,(H,18,21)/t15-/m0/s1. The summed E-state index contributed by atoms with van der Waals surface area (Å²) < 4.78 is 25.0. The van der Waals surface area contributed by atoms with Gasteiger partial charge in [0.25, 0.3) is 0 Å². The topological polar surface area (TPSA) is 84.3 Å². The van der Waals surface area contributed by atoms with Crippen LogP contribution in [0.25, 0.3) is 5.69 Å². The average Bonchev–Trinajstić information content (AvgIpc) is 3.18. The van der Waals surface area contributed by atoms with Gasteiger partial charge in [0, 0.05) is 30.7 Å². The molecule has 7 nitrogen and oxygen atoms in total. The van der Waals surface area contributed by atoms with Crippen LogP contribution in [0, 0.1) is 0 Å². The maximum Gasteiger partial charge on any atom is 0.322 e. The van der Waals surface area contributed by atoms with Crippen LogP contribution in [0.15, 0.2) is 42.7 Å². The number of urea groups is 1. The Balaban J connectivity index is 1.73. The largest absolute Gasteiger partial charge is 0.322 e. The lowest BCUT2D eigenvalue weighted by Gasteiger charge is -2.27. The van der Waals surface area contributed by atoms with Gasteiger partial charge < -0.3 is 10.2 Å². The van der Waals surface area contributed by atoms with Gasteiger partial charge in [-0.2, -0.15) is 5.10 Å². The zero-order valence-corrected chi connectivity index (χ0v) is 14.2. The first kappa shape index (κ1) is 16.5. The fourth-order valence-corrected chi connectivity index (χ4v) is 4.66. The van der Waals surface area contributed by atoms with Crippen LogP contribution < -0.4 is 5.32 Å². The van der Waals surface area contributed by atoms with Crippen molar-refractivity contribution in [2.75, 3.05) is 23.4 Å². The van der Waals surface area contributed by atoms with E-state index in [1.54, 1.807) is 21.8 Å². The van der Waals surface area contributed by atoms with Crippen molar-refractivity contribution in [3.63, 3.8) is 0 Å². The predicted octanol–water partition coefficient (Wildman–Crippen LogP) is 1.91. The van der Waals surface area contributed by atoms with Gasteiger partial charge in [-0.05, 0) is 37.6 Å². The number of anilines is 1. The molecule has 0 saturated carbocycles. The minimum absolute atomic E-state index is 0.0432. The highest BCUT2D eigenvalue weighted by Crippen LogP contribution is 2.20. The van der Waals surface area contributed by atoms with E-state index in [0.717, 1.165) is 5.69 Å². The number of nitrogens with zero attached hydrogens (tertiary/aromatic N) is 3. The van der Waals surface area contributed by atoms with Gasteiger partial charge in [-0.25, -0.2) is 17.9 Å².